The van der Waals surface area contributed by atoms with Gasteiger partial charge >= 0.3 is 5.97 Å². The number of anilines is 1. The summed E-state index contributed by atoms with van der Waals surface area (Å²) in [6.07, 6.45) is 3.55. The van der Waals surface area contributed by atoms with Crippen LogP contribution in [0.5, 0.6) is 0 Å². The number of carboxylic acids is 1. The Labute approximate surface area is 133 Å². The van der Waals surface area contributed by atoms with Gasteiger partial charge in [0.05, 0.1) is 5.92 Å². The van der Waals surface area contributed by atoms with E-state index in [4.69, 9.17) is 0 Å². The number of aliphatic carboxylic acids is 1. The highest BCUT2D eigenvalue weighted by Gasteiger charge is 2.20. The Balaban J connectivity index is 2.10. The Morgan fingerprint density at radius 3 is 2.64 bits per heavy atom. The van der Waals surface area contributed by atoms with E-state index in [-0.39, 0.29) is 5.92 Å². The van der Waals surface area contributed by atoms with E-state index in [0.29, 0.717) is 6.54 Å². The molecule has 1 aliphatic heterocycles. The highest BCUT2D eigenvalue weighted by atomic mass is 16.4. The van der Waals surface area contributed by atoms with E-state index in [1.165, 1.54) is 37.2 Å². The third kappa shape index (κ3) is 4.47. The summed E-state index contributed by atoms with van der Waals surface area (Å²) in [4.78, 5) is 16.0. The number of rotatable bonds is 8. The van der Waals surface area contributed by atoms with Gasteiger partial charge in [-0.1, -0.05) is 32.0 Å². The van der Waals surface area contributed by atoms with E-state index in [0.717, 1.165) is 19.5 Å². The number of nitrogens with zero attached hydrogens (tertiary/aromatic N) is 2. The van der Waals surface area contributed by atoms with E-state index in [2.05, 4.69) is 34.9 Å². The van der Waals surface area contributed by atoms with E-state index in [1.54, 1.807) is 6.92 Å². The van der Waals surface area contributed by atoms with E-state index in [1.807, 2.05) is 6.07 Å². The summed E-state index contributed by atoms with van der Waals surface area (Å²) in [5.41, 5.74) is 2.49. The molecule has 4 nitrogen and oxygen atoms in total. The first-order chi connectivity index (χ1) is 10.6. The number of hydrogen-bond acceptors (Lipinski definition) is 3. The molecule has 0 saturated carbocycles. The lowest BCUT2D eigenvalue weighted by Gasteiger charge is -2.30. The fourth-order valence-corrected chi connectivity index (χ4v) is 3.11. The molecule has 1 fully saturated rings. The van der Waals surface area contributed by atoms with Gasteiger partial charge in [0.1, 0.15) is 0 Å². The number of carbonyl (C=O) groups is 1. The zero-order valence-corrected chi connectivity index (χ0v) is 13.8. The first-order valence-corrected chi connectivity index (χ1v) is 8.39. The number of benzene rings is 1. The van der Waals surface area contributed by atoms with E-state index < -0.39 is 5.97 Å². The van der Waals surface area contributed by atoms with Crippen LogP contribution in [0.3, 0.4) is 0 Å². The van der Waals surface area contributed by atoms with Gasteiger partial charge in [-0.25, -0.2) is 0 Å². The molecule has 122 valence electrons. The van der Waals surface area contributed by atoms with Gasteiger partial charge in [0.25, 0.3) is 0 Å². The molecule has 0 spiro atoms. The van der Waals surface area contributed by atoms with Gasteiger partial charge in [-0.3, -0.25) is 4.79 Å². The molecule has 1 saturated heterocycles. The lowest BCUT2D eigenvalue weighted by Crippen LogP contribution is -2.38. The minimum absolute atomic E-state index is 0.358. The normalized spacial score (nSPS) is 16.6. The highest BCUT2D eigenvalue weighted by Crippen LogP contribution is 2.22. The summed E-state index contributed by atoms with van der Waals surface area (Å²) in [5, 5.41) is 9.25. The molecule has 1 atom stereocenters. The van der Waals surface area contributed by atoms with Crippen LogP contribution in [0.4, 0.5) is 5.69 Å². The molecular formula is C18H28N2O2. The highest BCUT2D eigenvalue weighted by molar-refractivity contribution is 5.70. The largest absolute Gasteiger partial charge is 0.481 e. The lowest BCUT2D eigenvalue weighted by molar-refractivity contribution is -0.140. The Kier molecular flexibility index (Phi) is 6.25. The van der Waals surface area contributed by atoms with Gasteiger partial charge in [-0.05, 0) is 44.0 Å². The standard InChI is InChI=1S/C18H28N2O2/c1-3-16-8-4-5-9-17(16)20(14-15(2)18(21)22)13-12-19-10-6-7-11-19/h4-5,8-9,15H,3,6-7,10-14H2,1-2H3,(H,21,22). The van der Waals surface area contributed by atoms with Crippen LogP contribution in [0, 0.1) is 5.92 Å². The van der Waals surface area contributed by atoms with Crippen molar-refractivity contribution in [3.05, 3.63) is 29.8 Å². The van der Waals surface area contributed by atoms with Crippen LogP contribution in [0.2, 0.25) is 0 Å². The third-order valence-corrected chi connectivity index (χ3v) is 4.51. The zero-order valence-electron chi connectivity index (χ0n) is 13.8. The van der Waals surface area contributed by atoms with Gasteiger partial charge in [-0.15, -0.1) is 0 Å². The SMILES string of the molecule is CCc1ccccc1N(CCN1CCCC1)CC(C)C(=O)O. The Morgan fingerprint density at radius 1 is 1.32 bits per heavy atom. The van der Waals surface area contributed by atoms with Gasteiger partial charge < -0.3 is 14.9 Å². The molecule has 1 aromatic carbocycles. The summed E-state index contributed by atoms with van der Waals surface area (Å²) in [6.45, 7) is 8.78. The molecule has 1 aliphatic rings. The van der Waals surface area contributed by atoms with Crippen molar-refractivity contribution in [3.63, 3.8) is 0 Å². The first-order valence-electron chi connectivity index (χ1n) is 8.39. The van der Waals surface area contributed by atoms with Crippen LogP contribution in [-0.2, 0) is 11.2 Å². The molecule has 1 aromatic rings. The molecule has 0 radical (unpaired) electrons. The monoisotopic (exact) mass is 304 g/mol. The molecule has 1 unspecified atom stereocenters. The molecule has 2 rings (SSSR count). The fraction of sp³-hybridized carbons (Fsp3) is 0.611. The first kappa shape index (κ1) is 16.8. The molecule has 0 bridgehead atoms. The number of likely N-dealkylation sites (tertiary alicyclic amines) is 1. The minimum atomic E-state index is -0.722. The average Bonchev–Trinajstić information content (AvgIpc) is 3.04. The van der Waals surface area contributed by atoms with Crippen molar-refractivity contribution in [2.75, 3.05) is 37.6 Å². The Bertz CT molecular complexity index is 484. The van der Waals surface area contributed by atoms with Crippen molar-refractivity contribution in [2.24, 2.45) is 5.92 Å². The van der Waals surface area contributed by atoms with Crippen LogP contribution in [-0.4, -0.2) is 48.7 Å². The van der Waals surface area contributed by atoms with Crippen LogP contribution in [0.1, 0.15) is 32.3 Å². The second-order valence-electron chi connectivity index (χ2n) is 6.22. The number of para-hydroxylation sites is 1. The van der Waals surface area contributed by atoms with Crippen LogP contribution in [0.15, 0.2) is 24.3 Å². The van der Waals surface area contributed by atoms with Gasteiger partial charge in [0.15, 0.2) is 0 Å². The van der Waals surface area contributed by atoms with Crippen molar-refractivity contribution in [1.82, 2.24) is 4.90 Å². The summed E-state index contributed by atoms with van der Waals surface area (Å²) in [7, 11) is 0. The van der Waals surface area contributed by atoms with Crippen LogP contribution in [0.25, 0.3) is 0 Å². The van der Waals surface area contributed by atoms with Crippen LogP contribution >= 0.6 is 0 Å². The molecular weight excluding hydrogens is 276 g/mol. The molecule has 1 N–H and O–H groups in total. The predicted octanol–water partition coefficient (Wildman–Crippen LogP) is 2.87. The quantitative estimate of drug-likeness (QED) is 0.802. The van der Waals surface area contributed by atoms with Crippen molar-refractivity contribution >= 4 is 11.7 Å². The molecule has 22 heavy (non-hydrogen) atoms. The smallest absolute Gasteiger partial charge is 0.308 e. The second-order valence-corrected chi connectivity index (χ2v) is 6.22. The number of hydrogen-bond donors (Lipinski definition) is 1. The van der Waals surface area contributed by atoms with Crippen molar-refractivity contribution in [3.8, 4) is 0 Å². The van der Waals surface area contributed by atoms with Crippen LogP contribution < -0.4 is 4.90 Å². The van der Waals surface area contributed by atoms with Crippen molar-refractivity contribution in [2.45, 2.75) is 33.1 Å². The van der Waals surface area contributed by atoms with E-state index in [9.17, 15) is 9.90 Å². The van der Waals surface area contributed by atoms with Gasteiger partial charge in [0, 0.05) is 25.3 Å². The molecule has 0 aromatic heterocycles. The van der Waals surface area contributed by atoms with Gasteiger partial charge in [-0.2, -0.15) is 0 Å². The van der Waals surface area contributed by atoms with Crippen molar-refractivity contribution < 1.29 is 9.90 Å². The maximum atomic E-state index is 11.2. The maximum Gasteiger partial charge on any atom is 0.308 e. The molecule has 4 heteroatoms. The summed E-state index contributed by atoms with van der Waals surface area (Å²) >= 11 is 0. The van der Waals surface area contributed by atoms with Crippen molar-refractivity contribution in [1.29, 1.82) is 0 Å². The minimum Gasteiger partial charge on any atom is -0.481 e. The number of carboxylic acid groups (broad SMARTS) is 1. The predicted molar refractivity (Wildman–Crippen MR) is 90.5 cm³/mol. The Hall–Kier alpha value is -1.55. The summed E-state index contributed by atoms with van der Waals surface area (Å²) in [6, 6.07) is 8.37. The zero-order chi connectivity index (χ0) is 15.9. The molecule has 0 aliphatic carbocycles. The average molecular weight is 304 g/mol. The second kappa shape index (κ2) is 8.18. The van der Waals surface area contributed by atoms with Gasteiger partial charge in [0.2, 0.25) is 0 Å². The topological polar surface area (TPSA) is 43.8 Å². The molecule has 0 amide bonds. The number of aryl methyl sites for hydroxylation is 1. The molecule has 1 heterocycles. The summed E-state index contributed by atoms with van der Waals surface area (Å²) < 4.78 is 0. The third-order valence-electron chi connectivity index (χ3n) is 4.51. The Morgan fingerprint density at radius 2 is 2.00 bits per heavy atom. The maximum absolute atomic E-state index is 11.2. The summed E-state index contributed by atoms with van der Waals surface area (Å²) in [5.74, 6) is -1.08. The van der Waals surface area contributed by atoms with E-state index >= 15 is 0 Å². The fourth-order valence-electron chi connectivity index (χ4n) is 3.11. The lowest BCUT2D eigenvalue weighted by atomic mass is 10.1.